The molecule has 2 aromatic carbocycles. The van der Waals surface area contributed by atoms with Crippen LogP contribution in [0.2, 0.25) is 0 Å². The van der Waals surface area contributed by atoms with Crippen LogP contribution in [0.3, 0.4) is 0 Å². The lowest BCUT2D eigenvalue weighted by molar-refractivity contribution is -0.164. The van der Waals surface area contributed by atoms with Gasteiger partial charge in [0.15, 0.2) is 6.10 Å². The Bertz CT molecular complexity index is 1160. The number of fused-ring (bicyclic) bond motifs is 1. The molecule has 5 nitrogen and oxygen atoms in total. The van der Waals surface area contributed by atoms with Crippen molar-refractivity contribution >= 4 is 22.6 Å². The summed E-state index contributed by atoms with van der Waals surface area (Å²) < 4.78 is 13.6. The van der Waals surface area contributed by atoms with Gasteiger partial charge in [-0.1, -0.05) is 35.9 Å². The Morgan fingerprint density at radius 2 is 1.81 bits per heavy atom. The van der Waals surface area contributed by atoms with Gasteiger partial charge in [-0.2, -0.15) is 0 Å². The molecule has 0 spiro atoms. The highest BCUT2D eigenvalue weighted by Crippen LogP contribution is 2.45. The summed E-state index contributed by atoms with van der Waals surface area (Å²) in [5.41, 5.74) is 13.5. The summed E-state index contributed by atoms with van der Waals surface area (Å²) in [6, 6.07) is 10.4. The number of carbonyl (C=O) groups is 1. The average molecular weight is 435 g/mol. The fourth-order valence-electron chi connectivity index (χ4n) is 4.22. The maximum atomic E-state index is 13.0. The topological polar surface area (TPSA) is 66.5 Å². The lowest BCUT2D eigenvalue weighted by Crippen LogP contribution is -2.29. The van der Waals surface area contributed by atoms with Gasteiger partial charge in [0.2, 0.25) is 0 Å². The van der Waals surface area contributed by atoms with Gasteiger partial charge in [0.1, 0.15) is 0 Å². The van der Waals surface area contributed by atoms with E-state index >= 15 is 0 Å². The molecule has 0 unspecified atom stereocenters. The maximum Gasteiger partial charge on any atom is 0.339 e. The molecule has 3 rings (SSSR count). The fraction of sp³-hybridized carbons (Fsp3) is 0.370. The first-order valence-corrected chi connectivity index (χ1v) is 10.9. The number of nitrogens with zero attached hydrogens (tertiary/aromatic N) is 1. The third-order valence-corrected chi connectivity index (χ3v) is 5.71. The van der Waals surface area contributed by atoms with Crippen molar-refractivity contribution in [1.82, 2.24) is 4.57 Å². The minimum absolute atomic E-state index is 0.447. The number of hydrogen-bond donors (Lipinski definition) is 1. The lowest BCUT2D eigenvalue weighted by atomic mass is 9.87. The Hall–Kier alpha value is -3.05. The highest BCUT2D eigenvalue weighted by atomic mass is 16.6. The van der Waals surface area contributed by atoms with Crippen LogP contribution in [-0.4, -0.2) is 23.2 Å². The molecule has 0 radical (unpaired) electrons. The molecule has 0 saturated carbocycles. The zero-order valence-corrected chi connectivity index (χ0v) is 20.2. The molecular weight excluding hydrogens is 400 g/mol. The maximum absolute atomic E-state index is 13.0. The molecule has 3 aromatic rings. The Kier molecular flexibility index (Phi) is 6.51. The lowest BCUT2D eigenvalue weighted by Gasteiger charge is -2.29. The number of aryl methyl sites for hydroxylation is 2. The van der Waals surface area contributed by atoms with Crippen molar-refractivity contribution in [2.24, 2.45) is 0 Å². The van der Waals surface area contributed by atoms with Crippen LogP contribution in [0.1, 0.15) is 49.3 Å². The fourth-order valence-corrected chi connectivity index (χ4v) is 4.22. The monoisotopic (exact) mass is 434 g/mol. The Balaban J connectivity index is 2.50. The largest absolute Gasteiger partial charge is 0.467 e. The van der Waals surface area contributed by atoms with Crippen LogP contribution in [-0.2, 0) is 20.8 Å². The number of nitrogen functional groups attached to an aromatic ring is 1. The summed E-state index contributed by atoms with van der Waals surface area (Å²) in [6.45, 7) is 16.4. The number of benzene rings is 2. The Labute approximate surface area is 190 Å². The van der Waals surface area contributed by atoms with Gasteiger partial charge in [-0.15, -0.1) is 6.58 Å². The van der Waals surface area contributed by atoms with E-state index in [9.17, 15) is 4.79 Å². The van der Waals surface area contributed by atoms with Crippen LogP contribution >= 0.6 is 0 Å². The van der Waals surface area contributed by atoms with Crippen molar-refractivity contribution < 1.29 is 14.3 Å². The number of aromatic nitrogens is 1. The van der Waals surface area contributed by atoms with E-state index in [0.29, 0.717) is 12.2 Å². The molecule has 0 aliphatic heterocycles. The zero-order chi connectivity index (χ0) is 23.8. The molecule has 32 heavy (non-hydrogen) atoms. The molecule has 1 atom stereocenters. The first-order valence-electron chi connectivity index (χ1n) is 10.9. The van der Waals surface area contributed by atoms with E-state index in [1.165, 1.54) is 7.11 Å². The van der Waals surface area contributed by atoms with Gasteiger partial charge in [-0.25, -0.2) is 4.79 Å². The van der Waals surface area contributed by atoms with Gasteiger partial charge in [0.05, 0.1) is 23.9 Å². The van der Waals surface area contributed by atoms with Crippen molar-refractivity contribution in [1.29, 1.82) is 0 Å². The Morgan fingerprint density at radius 1 is 1.19 bits per heavy atom. The van der Waals surface area contributed by atoms with Crippen molar-refractivity contribution in [3.05, 3.63) is 65.4 Å². The number of anilines is 1. The van der Waals surface area contributed by atoms with Gasteiger partial charge in [-0.3, -0.25) is 0 Å². The molecule has 170 valence electrons. The van der Waals surface area contributed by atoms with Gasteiger partial charge in [-0.05, 0) is 64.3 Å². The second-order valence-corrected chi connectivity index (χ2v) is 9.27. The smallest absolute Gasteiger partial charge is 0.339 e. The summed E-state index contributed by atoms with van der Waals surface area (Å²) in [5.74, 6) is -0.447. The minimum Gasteiger partial charge on any atom is -0.467 e. The molecule has 1 aromatic heterocycles. The van der Waals surface area contributed by atoms with Crippen LogP contribution < -0.4 is 5.73 Å². The van der Waals surface area contributed by atoms with E-state index in [2.05, 4.69) is 55.3 Å². The molecule has 1 heterocycles. The number of hydrogen-bond acceptors (Lipinski definition) is 4. The standard InChI is InChI=1S/C27H34N2O3/c1-9-14-29-17(3)15-20-22(19-12-10-16(2)11-13-19)21(18(4)23(28)24(20)29)25(26(30)31-8)32-27(5,6)7/h9-13,15,25H,1,14,28H2,2-8H3/t25-/m0/s1. The molecule has 0 saturated heterocycles. The third kappa shape index (κ3) is 4.30. The van der Waals surface area contributed by atoms with E-state index in [1.54, 1.807) is 0 Å². The number of ether oxygens (including phenoxy) is 2. The highest BCUT2D eigenvalue weighted by molar-refractivity contribution is 6.06. The quantitative estimate of drug-likeness (QED) is 0.292. The predicted octanol–water partition coefficient (Wildman–Crippen LogP) is 6.03. The summed E-state index contributed by atoms with van der Waals surface area (Å²) in [6.07, 6.45) is 0.951. The normalized spacial score (nSPS) is 12.7. The van der Waals surface area contributed by atoms with E-state index in [4.69, 9.17) is 15.2 Å². The minimum atomic E-state index is -0.911. The third-order valence-electron chi connectivity index (χ3n) is 5.71. The molecule has 0 fully saturated rings. The summed E-state index contributed by atoms with van der Waals surface area (Å²) in [5, 5.41) is 0.984. The summed E-state index contributed by atoms with van der Waals surface area (Å²) in [7, 11) is 1.38. The van der Waals surface area contributed by atoms with Crippen LogP contribution in [0, 0.1) is 20.8 Å². The second-order valence-electron chi connectivity index (χ2n) is 9.27. The SMILES string of the molecule is C=CCn1c(C)cc2c(-c3ccc(C)cc3)c([C@H](OC(C)(C)C)C(=O)OC)c(C)c(N)c21. The van der Waals surface area contributed by atoms with E-state index in [1.807, 2.05) is 33.8 Å². The molecule has 0 aliphatic rings. The number of methoxy groups -OCH3 is 1. The van der Waals surface area contributed by atoms with E-state index in [0.717, 1.165) is 44.4 Å². The van der Waals surface area contributed by atoms with Gasteiger partial charge in [0, 0.05) is 23.2 Å². The predicted molar refractivity (Wildman–Crippen MR) is 132 cm³/mol. The first kappa shape index (κ1) is 23.6. The van der Waals surface area contributed by atoms with Crippen molar-refractivity contribution in [3.63, 3.8) is 0 Å². The average Bonchev–Trinajstić information content (AvgIpc) is 3.05. The number of allylic oxidation sites excluding steroid dienone is 1. The summed E-state index contributed by atoms with van der Waals surface area (Å²) in [4.78, 5) is 13.0. The summed E-state index contributed by atoms with van der Waals surface area (Å²) >= 11 is 0. The van der Waals surface area contributed by atoms with Gasteiger partial charge in [0.25, 0.3) is 0 Å². The molecule has 0 amide bonds. The van der Waals surface area contributed by atoms with E-state index < -0.39 is 17.7 Å². The first-order chi connectivity index (χ1) is 15.0. The molecule has 5 heteroatoms. The van der Waals surface area contributed by atoms with Crippen LogP contribution in [0.25, 0.3) is 22.0 Å². The second kappa shape index (κ2) is 8.83. The number of rotatable bonds is 6. The van der Waals surface area contributed by atoms with Gasteiger partial charge < -0.3 is 19.8 Å². The van der Waals surface area contributed by atoms with Crippen LogP contribution in [0.4, 0.5) is 5.69 Å². The number of carbonyl (C=O) groups excluding carboxylic acids is 1. The van der Waals surface area contributed by atoms with Crippen molar-refractivity contribution in [2.45, 2.75) is 59.8 Å². The van der Waals surface area contributed by atoms with Crippen LogP contribution in [0.5, 0.6) is 0 Å². The molecule has 0 bridgehead atoms. The van der Waals surface area contributed by atoms with Crippen molar-refractivity contribution in [2.75, 3.05) is 12.8 Å². The zero-order valence-electron chi connectivity index (χ0n) is 20.2. The Morgan fingerprint density at radius 3 is 2.34 bits per heavy atom. The molecular formula is C27H34N2O3. The van der Waals surface area contributed by atoms with Gasteiger partial charge >= 0.3 is 5.97 Å². The molecule has 0 aliphatic carbocycles. The van der Waals surface area contributed by atoms with Crippen molar-refractivity contribution in [3.8, 4) is 11.1 Å². The number of nitrogens with two attached hydrogens (primary N) is 1. The van der Waals surface area contributed by atoms with E-state index in [-0.39, 0.29) is 0 Å². The number of esters is 1. The van der Waals surface area contributed by atoms with Crippen LogP contribution in [0.15, 0.2) is 43.0 Å². The highest BCUT2D eigenvalue weighted by Gasteiger charge is 2.34. The molecule has 2 N–H and O–H groups in total.